The minimum Gasteiger partial charge on any atom is -0.344 e. The van der Waals surface area contributed by atoms with Gasteiger partial charge in [0.1, 0.15) is 5.10 Å². The molecule has 0 saturated heterocycles. The lowest BCUT2D eigenvalue weighted by atomic mass is 10.5. The maximum atomic E-state index is 10.4. The van der Waals surface area contributed by atoms with E-state index in [0.29, 0.717) is 11.0 Å². The summed E-state index contributed by atoms with van der Waals surface area (Å²) >= 11 is 7.04. The highest BCUT2D eigenvalue weighted by atomic mass is 35.5. The zero-order chi connectivity index (χ0) is 13.0. The van der Waals surface area contributed by atoms with Crippen LogP contribution in [0.2, 0.25) is 4.47 Å². The number of halogens is 1. The highest BCUT2D eigenvalue weighted by Crippen LogP contribution is 2.19. The second kappa shape index (κ2) is 5.78. The second-order valence-corrected chi connectivity index (χ2v) is 5.17. The van der Waals surface area contributed by atoms with Gasteiger partial charge in [0, 0.05) is 32.2 Å². The molecule has 0 saturated carbocycles. The fraction of sp³-hybridized carbons (Fsp3) is 0.500. The number of hydrazone groups is 1. The summed E-state index contributed by atoms with van der Waals surface area (Å²) < 4.78 is 0.450. The quantitative estimate of drug-likeness (QED) is 0.361. The molecule has 9 heteroatoms. The zero-order valence-corrected chi connectivity index (χ0v) is 11.2. The van der Waals surface area contributed by atoms with Gasteiger partial charge in [0.05, 0.1) is 6.54 Å². The molecule has 7 nitrogen and oxygen atoms in total. The van der Waals surface area contributed by atoms with Crippen molar-refractivity contribution in [1.29, 1.82) is 0 Å². The molecule has 0 bridgehead atoms. The van der Waals surface area contributed by atoms with Gasteiger partial charge < -0.3 is 9.80 Å². The van der Waals surface area contributed by atoms with Crippen LogP contribution < -0.4 is 0 Å². The summed E-state index contributed by atoms with van der Waals surface area (Å²) in [5.41, 5.74) is 0. The molecule has 1 heterocycles. The van der Waals surface area contributed by atoms with E-state index in [0.717, 1.165) is 4.88 Å². The molecular weight excluding hydrogens is 266 g/mol. The number of hydrogen-bond acceptors (Lipinski definition) is 4. The van der Waals surface area contributed by atoms with Crippen LogP contribution in [-0.2, 0) is 6.54 Å². The summed E-state index contributed by atoms with van der Waals surface area (Å²) in [5, 5.41) is 13.0. The number of aromatic nitrogens is 1. The van der Waals surface area contributed by atoms with Gasteiger partial charge in [-0.3, -0.25) is 0 Å². The van der Waals surface area contributed by atoms with Crippen molar-refractivity contribution in [3.63, 3.8) is 0 Å². The summed E-state index contributed by atoms with van der Waals surface area (Å²) in [4.78, 5) is 18.5. The molecule has 1 rings (SSSR count). The van der Waals surface area contributed by atoms with E-state index in [1.54, 1.807) is 37.1 Å². The Balaban J connectivity index is 2.79. The fourth-order valence-electron chi connectivity index (χ4n) is 1.24. The third kappa shape index (κ3) is 4.16. The zero-order valence-electron chi connectivity index (χ0n) is 9.62. The van der Waals surface area contributed by atoms with Crippen LogP contribution >= 0.6 is 22.9 Å². The van der Waals surface area contributed by atoms with Crippen LogP contribution in [-0.4, -0.2) is 46.9 Å². The first kappa shape index (κ1) is 13.7. The molecule has 0 aromatic carbocycles. The van der Waals surface area contributed by atoms with Crippen molar-refractivity contribution in [3.05, 3.63) is 25.7 Å². The Kier molecular flexibility index (Phi) is 4.64. The van der Waals surface area contributed by atoms with Gasteiger partial charge in [-0.15, -0.1) is 11.3 Å². The first-order valence-corrected chi connectivity index (χ1v) is 5.81. The third-order valence-corrected chi connectivity index (χ3v) is 2.93. The van der Waals surface area contributed by atoms with Crippen LogP contribution in [0.25, 0.3) is 0 Å². The third-order valence-electron chi connectivity index (χ3n) is 1.83. The molecule has 1 aromatic heterocycles. The van der Waals surface area contributed by atoms with E-state index in [-0.39, 0.29) is 5.96 Å². The predicted molar refractivity (Wildman–Crippen MR) is 66.7 cm³/mol. The molecule has 17 heavy (non-hydrogen) atoms. The molecule has 0 fully saturated rings. The van der Waals surface area contributed by atoms with Crippen molar-refractivity contribution in [3.8, 4) is 0 Å². The van der Waals surface area contributed by atoms with Gasteiger partial charge in [0.2, 0.25) is 0 Å². The lowest BCUT2D eigenvalue weighted by Crippen LogP contribution is -2.38. The molecule has 0 atom stereocenters. The number of guanidine groups is 1. The molecule has 0 amide bonds. The van der Waals surface area contributed by atoms with Gasteiger partial charge in [0.15, 0.2) is 9.50 Å². The first-order valence-electron chi connectivity index (χ1n) is 4.62. The highest BCUT2D eigenvalue weighted by molar-refractivity contribution is 7.15. The maximum absolute atomic E-state index is 10.4. The Morgan fingerprint density at radius 1 is 1.65 bits per heavy atom. The van der Waals surface area contributed by atoms with E-state index in [4.69, 9.17) is 11.6 Å². The largest absolute Gasteiger partial charge is 0.344 e. The molecule has 0 aliphatic carbocycles. The summed E-state index contributed by atoms with van der Waals surface area (Å²) in [6, 6.07) is 0. The Hall–Kier alpha value is -1.41. The average Bonchev–Trinajstić information content (AvgIpc) is 2.59. The lowest BCUT2D eigenvalue weighted by molar-refractivity contribution is -0.486. The van der Waals surface area contributed by atoms with E-state index in [2.05, 4.69) is 10.1 Å². The van der Waals surface area contributed by atoms with E-state index < -0.39 is 5.03 Å². The molecule has 0 unspecified atom stereocenters. The Morgan fingerprint density at radius 2 is 2.29 bits per heavy atom. The van der Waals surface area contributed by atoms with Crippen LogP contribution in [0.5, 0.6) is 0 Å². The van der Waals surface area contributed by atoms with Crippen LogP contribution in [0.1, 0.15) is 4.88 Å². The summed E-state index contributed by atoms with van der Waals surface area (Å²) in [7, 11) is 5.10. The monoisotopic (exact) mass is 277 g/mol. The normalized spacial score (nSPS) is 11.4. The Morgan fingerprint density at radius 3 is 2.71 bits per heavy atom. The average molecular weight is 278 g/mol. The van der Waals surface area contributed by atoms with Crippen LogP contribution in [0.15, 0.2) is 11.3 Å². The van der Waals surface area contributed by atoms with Crippen LogP contribution in [0.3, 0.4) is 0 Å². The van der Waals surface area contributed by atoms with Gasteiger partial charge in [-0.2, -0.15) is 0 Å². The van der Waals surface area contributed by atoms with Crippen LogP contribution in [0.4, 0.5) is 0 Å². The standard InChI is InChI=1S/C8H12ClN5O2S/c1-12(2)8(11-14(15)16)13(3)5-6-4-10-7(9)17-6/h4H,5H2,1-3H3. The topological polar surface area (TPSA) is 74.9 Å². The first-order chi connectivity index (χ1) is 7.90. The fourth-order valence-corrected chi connectivity index (χ4v) is 2.27. The van der Waals surface area contributed by atoms with E-state index in [1.807, 2.05) is 0 Å². The number of thiazole rings is 1. The Labute approximate surface area is 107 Å². The van der Waals surface area contributed by atoms with Gasteiger partial charge in [-0.25, -0.2) is 15.1 Å². The molecule has 0 radical (unpaired) electrons. The van der Waals surface area contributed by atoms with Crippen molar-refractivity contribution in [1.82, 2.24) is 14.8 Å². The molecule has 0 spiro atoms. The van der Waals surface area contributed by atoms with Crippen molar-refractivity contribution < 1.29 is 5.03 Å². The highest BCUT2D eigenvalue weighted by Gasteiger charge is 2.15. The van der Waals surface area contributed by atoms with Crippen molar-refractivity contribution in [2.75, 3.05) is 21.1 Å². The predicted octanol–water partition coefficient (Wildman–Crippen LogP) is 1.34. The maximum Gasteiger partial charge on any atom is 0.273 e. The molecule has 0 N–H and O–H groups in total. The summed E-state index contributed by atoms with van der Waals surface area (Å²) in [6.07, 6.45) is 1.64. The summed E-state index contributed by atoms with van der Waals surface area (Å²) in [5.74, 6) is 0.263. The van der Waals surface area contributed by atoms with E-state index in [9.17, 15) is 10.1 Å². The molecule has 94 valence electrons. The second-order valence-electron chi connectivity index (χ2n) is 3.47. The number of nitrogens with zero attached hydrogens (tertiary/aromatic N) is 5. The number of rotatable bonds is 3. The molecule has 1 aromatic rings. The minimum absolute atomic E-state index is 0.263. The number of hydrogen-bond donors (Lipinski definition) is 0. The van der Waals surface area contributed by atoms with Crippen molar-refractivity contribution in [2.24, 2.45) is 5.10 Å². The molecular formula is C8H12ClN5O2S. The molecule has 0 aliphatic rings. The van der Waals surface area contributed by atoms with E-state index >= 15 is 0 Å². The van der Waals surface area contributed by atoms with Crippen molar-refractivity contribution in [2.45, 2.75) is 6.54 Å². The van der Waals surface area contributed by atoms with Crippen LogP contribution in [0, 0.1) is 10.1 Å². The van der Waals surface area contributed by atoms with Crippen molar-refractivity contribution >= 4 is 28.9 Å². The minimum atomic E-state index is -0.717. The van der Waals surface area contributed by atoms with E-state index in [1.165, 1.54) is 11.3 Å². The lowest BCUT2D eigenvalue weighted by Gasteiger charge is -2.22. The smallest absolute Gasteiger partial charge is 0.273 e. The van der Waals surface area contributed by atoms with Gasteiger partial charge in [-0.1, -0.05) is 11.6 Å². The van der Waals surface area contributed by atoms with Gasteiger partial charge >= 0.3 is 0 Å². The Bertz CT molecular complexity index is 433. The number of nitro groups is 1. The van der Waals surface area contributed by atoms with Gasteiger partial charge in [-0.05, 0) is 0 Å². The summed E-state index contributed by atoms with van der Waals surface area (Å²) in [6.45, 7) is 0.468. The van der Waals surface area contributed by atoms with Gasteiger partial charge in [0.25, 0.3) is 5.96 Å². The SMILES string of the molecule is CN(C)C(=N[N+](=O)[O-])N(C)Cc1cnc(Cl)s1. The molecule has 0 aliphatic heterocycles.